The predicted octanol–water partition coefficient (Wildman–Crippen LogP) is 3.29. The second kappa shape index (κ2) is 4.24. The summed E-state index contributed by atoms with van der Waals surface area (Å²) in [4.78, 5) is 4.37. The van der Waals surface area contributed by atoms with Gasteiger partial charge in [-0.05, 0) is 30.7 Å². The van der Waals surface area contributed by atoms with Crippen LogP contribution in [0.25, 0.3) is 0 Å². The van der Waals surface area contributed by atoms with Gasteiger partial charge in [0.2, 0.25) is 0 Å². The van der Waals surface area contributed by atoms with Crippen LogP contribution in [0.15, 0.2) is 35.7 Å². The van der Waals surface area contributed by atoms with Crippen LogP contribution in [0, 0.1) is 12.8 Å². The van der Waals surface area contributed by atoms with Crippen LogP contribution in [0.4, 0.5) is 0 Å². The van der Waals surface area contributed by atoms with Crippen LogP contribution in [-0.2, 0) is 0 Å². The monoisotopic (exact) mass is 245 g/mol. The average Bonchev–Trinajstić information content (AvgIpc) is 3.05. The van der Waals surface area contributed by atoms with Gasteiger partial charge in [0, 0.05) is 11.1 Å². The van der Waals surface area contributed by atoms with E-state index < -0.39 is 0 Å². The van der Waals surface area contributed by atoms with Gasteiger partial charge in [0.05, 0.1) is 0 Å². The summed E-state index contributed by atoms with van der Waals surface area (Å²) in [6.07, 6.45) is 0.683. The van der Waals surface area contributed by atoms with E-state index in [9.17, 15) is 5.11 Å². The van der Waals surface area contributed by atoms with Gasteiger partial charge in [-0.15, -0.1) is 11.3 Å². The molecular formula is C14H15NOS. The normalized spacial score (nSPS) is 24.6. The molecule has 3 heteroatoms. The van der Waals surface area contributed by atoms with Crippen molar-refractivity contribution < 1.29 is 5.11 Å². The van der Waals surface area contributed by atoms with E-state index in [2.05, 4.69) is 29.2 Å². The molecule has 1 aliphatic carbocycles. The van der Waals surface area contributed by atoms with Gasteiger partial charge in [-0.1, -0.05) is 30.3 Å². The maximum absolute atomic E-state index is 10.3. The van der Waals surface area contributed by atoms with Crippen molar-refractivity contribution in [3.63, 3.8) is 0 Å². The molecule has 3 rings (SSSR count). The van der Waals surface area contributed by atoms with Crippen molar-refractivity contribution in [3.8, 4) is 0 Å². The molecule has 3 unspecified atom stereocenters. The number of aliphatic hydroxyl groups excluding tert-OH is 1. The number of aryl methyl sites for hydroxylation is 1. The molecule has 1 fully saturated rings. The van der Waals surface area contributed by atoms with Gasteiger partial charge in [-0.2, -0.15) is 0 Å². The highest BCUT2D eigenvalue weighted by Crippen LogP contribution is 2.54. The van der Waals surface area contributed by atoms with Crippen LogP contribution < -0.4 is 0 Å². The summed E-state index contributed by atoms with van der Waals surface area (Å²) in [5, 5.41) is 13.1. The fourth-order valence-electron chi connectivity index (χ4n) is 2.34. The van der Waals surface area contributed by atoms with Crippen molar-refractivity contribution in [2.75, 3.05) is 0 Å². The number of benzene rings is 1. The van der Waals surface area contributed by atoms with Gasteiger partial charge in [0.15, 0.2) is 0 Å². The molecule has 17 heavy (non-hydrogen) atoms. The third-order valence-corrected chi connectivity index (χ3v) is 4.40. The van der Waals surface area contributed by atoms with Gasteiger partial charge in [0.1, 0.15) is 11.1 Å². The summed E-state index contributed by atoms with van der Waals surface area (Å²) in [5.74, 6) is 0.860. The minimum absolute atomic E-state index is 0.350. The Morgan fingerprint density at radius 1 is 1.35 bits per heavy atom. The van der Waals surface area contributed by atoms with E-state index in [0.717, 1.165) is 17.1 Å². The van der Waals surface area contributed by atoms with E-state index in [4.69, 9.17) is 0 Å². The lowest BCUT2D eigenvalue weighted by atomic mass is 10.1. The van der Waals surface area contributed by atoms with E-state index in [1.54, 1.807) is 11.3 Å². The Morgan fingerprint density at radius 3 is 2.76 bits per heavy atom. The van der Waals surface area contributed by atoms with Gasteiger partial charge >= 0.3 is 0 Å². The van der Waals surface area contributed by atoms with Crippen molar-refractivity contribution in [1.29, 1.82) is 0 Å². The fourth-order valence-corrected chi connectivity index (χ4v) is 3.19. The molecule has 2 nitrogen and oxygen atoms in total. The second-order valence-corrected chi connectivity index (χ2v) is 5.58. The predicted molar refractivity (Wildman–Crippen MR) is 69.1 cm³/mol. The second-order valence-electron chi connectivity index (χ2n) is 4.69. The minimum Gasteiger partial charge on any atom is -0.386 e. The quantitative estimate of drug-likeness (QED) is 0.900. The summed E-state index contributed by atoms with van der Waals surface area (Å²) in [6.45, 7) is 1.97. The molecule has 1 aromatic carbocycles. The van der Waals surface area contributed by atoms with E-state index in [1.165, 1.54) is 5.56 Å². The standard InChI is InChI=1S/C14H15NOS/c1-9-8-17-14(15-9)13(16)12-7-11(12)10-5-3-2-4-6-10/h2-6,8,11-13,16H,7H2,1H3. The molecule has 0 radical (unpaired) electrons. The highest BCUT2D eigenvalue weighted by Gasteiger charge is 2.44. The molecule has 0 saturated heterocycles. The number of thiazole rings is 1. The summed E-state index contributed by atoms with van der Waals surface area (Å²) in [5.41, 5.74) is 2.34. The lowest BCUT2D eigenvalue weighted by Gasteiger charge is -2.06. The van der Waals surface area contributed by atoms with Crippen LogP contribution in [0.1, 0.15) is 34.7 Å². The Kier molecular flexibility index (Phi) is 2.73. The topological polar surface area (TPSA) is 33.1 Å². The first-order valence-electron chi connectivity index (χ1n) is 5.91. The van der Waals surface area contributed by atoms with Crippen LogP contribution in [0.2, 0.25) is 0 Å². The maximum Gasteiger partial charge on any atom is 0.122 e. The molecular weight excluding hydrogens is 230 g/mol. The SMILES string of the molecule is Cc1csc(C(O)C2CC2c2ccccc2)n1. The molecule has 1 aromatic heterocycles. The van der Waals surface area contributed by atoms with Gasteiger partial charge in [-0.25, -0.2) is 4.98 Å². The van der Waals surface area contributed by atoms with Crippen molar-refractivity contribution in [3.05, 3.63) is 52.0 Å². The summed E-state index contributed by atoms with van der Waals surface area (Å²) >= 11 is 1.56. The lowest BCUT2D eigenvalue weighted by molar-refractivity contribution is 0.150. The zero-order valence-electron chi connectivity index (χ0n) is 9.71. The number of aromatic nitrogens is 1. The number of nitrogens with zero attached hydrogens (tertiary/aromatic N) is 1. The van der Waals surface area contributed by atoms with Crippen LogP contribution >= 0.6 is 11.3 Å². The highest BCUT2D eigenvalue weighted by atomic mass is 32.1. The van der Waals surface area contributed by atoms with Crippen LogP contribution in [0.5, 0.6) is 0 Å². The third-order valence-electron chi connectivity index (χ3n) is 3.36. The highest BCUT2D eigenvalue weighted by molar-refractivity contribution is 7.09. The molecule has 1 saturated carbocycles. The van der Waals surface area contributed by atoms with Crippen molar-refractivity contribution >= 4 is 11.3 Å². The minimum atomic E-state index is -0.390. The molecule has 0 amide bonds. The van der Waals surface area contributed by atoms with E-state index in [0.29, 0.717) is 11.8 Å². The maximum atomic E-state index is 10.3. The average molecular weight is 245 g/mol. The number of rotatable bonds is 3. The largest absolute Gasteiger partial charge is 0.386 e. The van der Waals surface area contributed by atoms with Gasteiger partial charge in [-0.3, -0.25) is 0 Å². The van der Waals surface area contributed by atoms with Gasteiger partial charge in [0.25, 0.3) is 0 Å². The lowest BCUT2D eigenvalue weighted by Crippen LogP contribution is -2.00. The Morgan fingerprint density at radius 2 is 2.12 bits per heavy atom. The van der Waals surface area contributed by atoms with Gasteiger partial charge < -0.3 is 5.11 Å². The molecule has 0 spiro atoms. The third kappa shape index (κ3) is 2.13. The number of aliphatic hydroxyl groups is 1. The fraction of sp³-hybridized carbons (Fsp3) is 0.357. The Hall–Kier alpha value is -1.19. The number of hydrogen-bond donors (Lipinski definition) is 1. The Labute approximate surface area is 105 Å². The van der Waals surface area contributed by atoms with E-state index in [1.807, 2.05) is 18.4 Å². The van der Waals surface area contributed by atoms with E-state index >= 15 is 0 Å². The Bertz CT molecular complexity index is 508. The van der Waals surface area contributed by atoms with Crippen LogP contribution in [-0.4, -0.2) is 10.1 Å². The summed E-state index contributed by atoms with van der Waals surface area (Å²) in [6, 6.07) is 10.4. The molecule has 0 bridgehead atoms. The first kappa shape index (κ1) is 10.9. The zero-order valence-corrected chi connectivity index (χ0v) is 10.5. The summed E-state index contributed by atoms with van der Waals surface area (Å²) < 4.78 is 0. The van der Waals surface area contributed by atoms with Crippen LogP contribution in [0.3, 0.4) is 0 Å². The van der Waals surface area contributed by atoms with Crippen molar-refractivity contribution in [2.24, 2.45) is 5.92 Å². The molecule has 1 aliphatic rings. The zero-order chi connectivity index (χ0) is 11.8. The number of hydrogen-bond acceptors (Lipinski definition) is 3. The van der Waals surface area contributed by atoms with Crippen molar-refractivity contribution in [1.82, 2.24) is 4.98 Å². The molecule has 88 valence electrons. The molecule has 2 aromatic rings. The molecule has 0 aliphatic heterocycles. The van der Waals surface area contributed by atoms with Crippen molar-refractivity contribution in [2.45, 2.75) is 25.4 Å². The first-order chi connectivity index (χ1) is 8.25. The molecule has 1 heterocycles. The summed E-state index contributed by atoms with van der Waals surface area (Å²) in [7, 11) is 0. The Balaban J connectivity index is 1.73. The van der Waals surface area contributed by atoms with E-state index in [-0.39, 0.29) is 6.10 Å². The first-order valence-corrected chi connectivity index (χ1v) is 6.78. The molecule has 1 N–H and O–H groups in total. The smallest absolute Gasteiger partial charge is 0.122 e. The molecule has 3 atom stereocenters.